The fourth-order valence-corrected chi connectivity index (χ4v) is 3.89. The van der Waals surface area contributed by atoms with Crippen molar-refractivity contribution < 1.29 is 14.3 Å². The number of ether oxygens (including phenoxy) is 2. The predicted octanol–water partition coefficient (Wildman–Crippen LogP) is 10.2. The lowest BCUT2D eigenvalue weighted by atomic mass is 10.0. The molecule has 0 aliphatic heterocycles. The number of rotatable bonds is 24. The molecule has 0 fully saturated rings. The van der Waals surface area contributed by atoms with Gasteiger partial charge in [-0.05, 0) is 44.4 Å². The lowest BCUT2D eigenvalue weighted by molar-refractivity contribution is 0.0529. The maximum Gasteiger partial charge on any atom is 0.508 e. The van der Waals surface area contributed by atoms with E-state index in [4.69, 9.17) is 9.47 Å². The largest absolute Gasteiger partial charge is 0.508 e. The fraction of sp³-hybridized carbons (Fsp3) is 0.897. The van der Waals surface area contributed by atoms with Crippen molar-refractivity contribution in [2.24, 2.45) is 5.92 Å². The van der Waals surface area contributed by atoms with Gasteiger partial charge in [0.2, 0.25) is 0 Å². The molecule has 0 aromatic heterocycles. The van der Waals surface area contributed by atoms with Crippen LogP contribution in [0.4, 0.5) is 4.79 Å². The van der Waals surface area contributed by atoms with Gasteiger partial charge in [-0.1, -0.05) is 123 Å². The summed E-state index contributed by atoms with van der Waals surface area (Å²) in [5.41, 5.74) is 0. The molecule has 0 aliphatic carbocycles. The van der Waals surface area contributed by atoms with Gasteiger partial charge in [0, 0.05) is 0 Å². The molecule has 0 amide bonds. The maximum atomic E-state index is 11.6. The number of hydrogen-bond acceptors (Lipinski definition) is 3. The third-order valence-corrected chi connectivity index (χ3v) is 6.02. The Bertz CT molecular complexity index is 403. The van der Waals surface area contributed by atoms with Crippen LogP contribution in [0.25, 0.3) is 0 Å². The first kappa shape index (κ1) is 31.0. The third-order valence-electron chi connectivity index (χ3n) is 6.02. The van der Waals surface area contributed by atoms with Gasteiger partial charge in [-0.25, -0.2) is 4.79 Å². The zero-order valence-electron chi connectivity index (χ0n) is 22.0. The Kier molecular flexibility index (Phi) is 25.5. The molecular formula is C29H56O3. The number of carbonyl (C=O) groups excluding carboxylic acids is 1. The zero-order chi connectivity index (χ0) is 23.5. The Morgan fingerprint density at radius 1 is 0.594 bits per heavy atom. The fourth-order valence-electron chi connectivity index (χ4n) is 3.89. The van der Waals surface area contributed by atoms with Gasteiger partial charge in [-0.2, -0.15) is 0 Å². The van der Waals surface area contributed by atoms with Crippen molar-refractivity contribution in [3.05, 3.63) is 12.2 Å². The molecule has 0 bridgehead atoms. The molecule has 0 atom stereocenters. The summed E-state index contributed by atoms with van der Waals surface area (Å²) in [7, 11) is 0. The second-order valence-corrected chi connectivity index (χ2v) is 9.84. The van der Waals surface area contributed by atoms with Crippen LogP contribution in [0.3, 0.4) is 0 Å². The molecule has 0 aromatic carbocycles. The van der Waals surface area contributed by atoms with Crippen LogP contribution in [0.5, 0.6) is 0 Å². The van der Waals surface area contributed by atoms with Crippen molar-refractivity contribution in [3.8, 4) is 0 Å². The number of allylic oxidation sites excluding steroid dienone is 2. The highest BCUT2D eigenvalue weighted by Crippen LogP contribution is 2.11. The molecule has 3 heteroatoms. The van der Waals surface area contributed by atoms with Crippen LogP contribution in [0.15, 0.2) is 12.2 Å². The van der Waals surface area contributed by atoms with Crippen molar-refractivity contribution in [2.45, 2.75) is 149 Å². The number of hydrogen-bond donors (Lipinski definition) is 0. The van der Waals surface area contributed by atoms with Gasteiger partial charge in [-0.15, -0.1) is 0 Å². The quantitative estimate of drug-likeness (QED) is 0.0829. The predicted molar refractivity (Wildman–Crippen MR) is 139 cm³/mol. The summed E-state index contributed by atoms with van der Waals surface area (Å²) in [5.74, 6) is 0.805. The second kappa shape index (κ2) is 26.3. The monoisotopic (exact) mass is 452 g/mol. The molecule has 0 heterocycles. The molecule has 0 saturated carbocycles. The van der Waals surface area contributed by atoms with E-state index in [9.17, 15) is 4.79 Å². The third kappa shape index (κ3) is 27.0. The number of carbonyl (C=O) groups is 1. The average Bonchev–Trinajstić information content (AvgIpc) is 2.77. The van der Waals surface area contributed by atoms with Gasteiger partial charge in [0.25, 0.3) is 0 Å². The van der Waals surface area contributed by atoms with Gasteiger partial charge in [0.1, 0.15) is 0 Å². The van der Waals surface area contributed by atoms with E-state index in [0.717, 1.165) is 31.6 Å². The highest BCUT2D eigenvalue weighted by Gasteiger charge is 2.03. The zero-order valence-corrected chi connectivity index (χ0v) is 22.0. The summed E-state index contributed by atoms with van der Waals surface area (Å²) >= 11 is 0. The van der Waals surface area contributed by atoms with E-state index in [-0.39, 0.29) is 0 Å². The minimum atomic E-state index is -0.488. The molecule has 0 saturated heterocycles. The Morgan fingerprint density at radius 2 is 1.00 bits per heavy atom. The van der Waals surface area contributed by atoms with Crippen molar-refractivity contribution in [3.63, 3.8) is 0 Å². The lowest BCUT2D eigenvalue weighted by Gasteiger charge is -2.07. The first-order chi connectivity index (χ1) is 15.7. The Labute approximate surface area is 201 Å². The smallest absolute Gasteiger partial charge is 0.434 e. The average molecular weight is 453 g/mol. The van der Waals surface area contributed by atoms with Crippen molar-refractivity contribution >= 4 is 6.16 Å². The minimum absolute atomic E-state index is 0.488. The van der Waals surface area contributed by atoms with E-state index in [1.54, 1.807) is 0 Å². The molecule has 32 heavy (non-hydrogen) atoms. The van der Waals surface area contributed by atoms with Crippen LogP contribution < -0.4 is 0 Å². The summed E-state index contributed by atoms with van der Waals surface area (Å²) < 4.78 is 10.3. The van der Waals surface area contributed by atoms with Gasteiger partial charge < -0.3 is 9.47 Å². The van der Waals surface area contributed by atoms with Crippen molar-refractivity contribution in [1.82, 2.24) is 0 Å². The molecule has 190 valence electrons. The number of unbranched alkanes of at least 4 members (excludes halogenated alkanes) is 16. The molecular weight excluding hydrogens is 396 g/mol. The highest BCUT2D eigenvalue weighted by atomic mass is 16.7. The first-order valence-corrected chi connectivity index (χ1v) is 14.1. The molecule has 0 aromatic rings. The molecule has 0 aliphatic rings. The van der Waals surface area contributed by atoms with E-state index < -0.39 is 6.16 Å². The first-order valence-electron chi connectivity index (χ1n) is 14.1. The van der Waals surface area contributed by atoms with Crippen LogP contribution in [-0.4, -0.2) is 19.4 Å². The van der Waals surface area contributed by atoms with E-state index in [1.807, 2.05) is 0 Å². The second-order valence-electron chi connectivity index (χ2n) is 9.84. The van der Waals surface area contributed by atoms with Gasteiger partial charge in [0.15, 0.2) is 0 Å². The van der Waals surface area contributed by atoms with E-state index >= 15 is 0 Å². The molecule has 0 unspecified atom stereocenters. The summed E-state index contributed by atoms with van der Waals surface area (Å²) in [5, 5.41) is 0. The van der Waals surface area contributed by atoms with E-state index in [2.05, 4.69) is 32.9 Å². The minimum Gasteiger partial charge on any atom is -0.434 e. The molecule has 3 nitrogen and oxygen atoms in total. The Hall–Kier alpha value is -0.990. The standard InChI is InChI=1S/C29H56O3/c1-4-5-6-7-8-9-10-11-12-13-14-15-16-17-20-23-26-31-29(30)32-27-24-21-18-19-22-25-28(2)3/h11-12,28H,4-10,13-27H2,1-3H3. The molecule has 0 N–H and O–H groups in total. The summed E-state index contributed by atoms with van der Waals surface area (Å²) in [6.07, 6.45) is 29.5. The summed E-state index contributed by atoms with van der Waals surface area (Å²) in [6.45, 7) is 7.81. The van der Waals surface area contributed by atoms with Crippen molar-refractivity contribution in [2.75, 3.05) is 13.2 Å². The SMILES string of the molecule is CCCCCCCCC=CCCCCCCCCOC(=O)OCCCCCCCC(C)C. The highest BCUT2D eigenvalue weighted by molar-refractivity contribution is 5.59. The van der Waals surface area contributed by atoms with Gasteiger partial charge >= 0.3 is 6.16 Å². The van der Waals surface area contributed by atoms with E-state index in [1.165, 1.54) is 103 Å². The van der Waals surface area contributed by atoms with Crippen molar-refractivity contribution in [1.29, 1.82) is 0 Å². The van der Waals surface area contributed by atoms with Gasteiger partial charge in [-0.3, -0.25) is 0 Å². The Morgan fingerprint density at radius 3 is 1.47 bits per heavy atom. The molecule has 0 spiro atoms. The molecule has 0 radical (unpaired) electrons. The topological polar surface area (TPSA) is 35.5 Å². The van der Waals surface area contributed by atoms with Crippen LogP contribution in [-0.2, 0) is 9.47 Å². The van der Waals surface area contributed by atoms with Crippen LogP contribution in [0.1, 0.15) is 149 Å². The van der Waals surface area contributed by atoms with Crippen LogP contribution >= 0.6 is 0 Å². The normalized spacial score (nSPS) is 11.5. The van der Waals surface area contributed by atoms with E-state index in [0.29, 0.717) is 13.2 Å². The molecule has 0 rings (SSSR count). The van der Waals surface area contributed by atoms with Crippen LogP contribution in [0, 0.1) is 5.92 Å². The summed E-state index contributed by atoms with van der Waals surface area (Å²) in [4.78, 5) is 11.6. The van der Waals surface area contributed by atoms with Crippen LogP contribution in [0.2, 0.25) is 0 Å². The van der Waals surface area contributed by atoms with Gasteiger partial charge in [0.05, 0.1) is 13.2 Å². The summed E-state index contributed by atoms with van der Waals surface area (Å²) in [6, 6.07) is 0. The lowest BCUT2D eigenvalue weighted by Crippen LogP contribution is -2.09. The maximum absolute atomic E-state index is 11.6. The Balaban J connectivity index is 3.20.